The minimum absolute atomic E-state index is 0.00846. The number of rotatable bonds is 4. The van der Waals surface area contributed by atoms with Crippen LogP contribution in [-0.4, -0.2) is 29.2 Å². The number of esters is 1. The Bertz CT molecular complexity index is 1270. The molecule has 2 atom stereocenters. The molecule has 3 aliphatic carbocycles. The Morgan fingerprint density at radius 2 is 1.19 bits per heavy atom. The molecule has 0 N–H and O–H groups in total. The van der Waals surface area contributed by atoms with Crippen LogP contribution in [0.25, 0.3) is 0 Å². The number of amides is 2. The van der Waals surface area contributed by atoms with E-state index in [-0.39, 0.29) is 42.0 Å². The molecule has 0 aromatic heterocycles. The molecule has 5 heteroatoms. The summed E-state index contributed by atoms with van der Waals surface area (Å²) < 4.78 is 5.50. The molecule has 0 spiro atoms. The van der Waals surface area contributed by atoms with Crippen molar-refractivity contribution in [3.63, 3.8) is 0 Å². The summed E-state index contributed by atoms with van der Waals surface area (Å²) in [6, 6.07) is 23.8. The highest BCUT2D eigenvalue weighted by Gasteiger charge is 2.61. The number of benzene rings is 3. The third-order valence-electron chi connectivity index (χ3n) is 8.03. The first-order valence-corrected chi connectivity index (χ1v) is 12.6. The predicted octanol–water partition coefficient (Wildman–Crippen LogP) is 5.17. The van der Waals surface area contributed by atoms with Crippen LogP contribution >= 0.6 is 0 Å². The van der Waals surface area contributed by atoms with Crippen molar-refractivity contribution in [2.75, 3.05) is 6.54 Å². The summed E-state index contributed by atoms with van der Waals surface area (Å²) in [5.41, 5.74) is 5.73. The predicted molar refractivity (Wildman–Crippen MR) is 136 cm³/mol. The number of carbonyl (C=O) groups is 3. The molecular weight excluding hydrogens is 450 g/mol. The van der Waals surface area contributed by atoms with Crippen LogP contribution in [0.5, 0.6) is 5.75 Å². The highest BCUT2D eigenvalue weighted by molar-refractivity contribution is 6.07. The fraction of sp³-hybridized carbons (Fsp3) is 0.323. The molecule has 2 amide bonds. The molecule has 3 aromatic rings. The van der Waals surface area contributed by atoms with Gasteiger partial charge in [-0.2, -0.15) is 0 Å². The van der Waals surface area contributed by atoms with Crippen molar-refractivity contribution in [2.24, 2.45) is 11.8 Å². The lowest BCUT2D eigenvalue weighted by Crippen LogP contribution is -2.41. The van der Waals surface area contributed by atoms with Gasteiger partial charge in [0, 0.05) is 18.4 Å². The quantitative estimate of drug-likeness (QED) is 0.294. The van der Waals surface area contributed by atoms with Crippen molar-refractivity contribution in [3.05, 3.63) is 101 Å². The van der Waals surface area contributed by atoms with E-state index in [0.29, 0.717) is 5.75 Å². The van der Waals surface area contributed by atoms with Gasteiger partial charge in [-0.1, -0.05) is 81.4 Å². The van der Waals surface area contributed by atoms with Gasteiger partial charge < -0.3 is 4.74 Å². The first-order chi connectivity index (χ1) is 17.3. The van der Waals surface area contributed by atoms with Crippen molar-refractivity contribution >= 4 is 17.8 Å². The number of ether oxygens (including phenoxy) is 1. The van der Waals surface area contributed by atoms with Gasteiger partial charge in [-0.25, -0.2) is 0 Å². The Labute approximate surface area is 211 Å². The molecule has 0 radical (unpaired) electrons. The van der Waals surface area contributed by atoms with E-state index >= 15 is 0 Å². The summed E-state index contributed by atoms with van der Waals surface area (Å²) in [4.78, 5) is 41.1. The number of nitrogens with zero attached hydrogens (tertiary/aromatic N) is 1. The number of carbonyl (C=O) groups excluding carboxylic acids is 3. The van der Waals surface area contributed by atoms with Gasteiger partial charge >= 0.3 is 5.97 Å². The zero-order valence-electron chi connectivity index (χ0n) is 20.7. The summed E-state index contributed by atoms with van der Waals surface area (Å²) >= 11 is 0. The van der Waals surface area contributed by atoms with E-state index in [1.165, 1.54) is 4.90 Å². The largest absolute Gasteiger partial charge is 0.426 e. The van der Waals surface area contributed by atoms with E-state index in [9.17, 15) is 14.4 Å². The molecule has 5 nitrogen and oxygen atoms in total. The van der Waals surface area contributed by atoms with E-state index < -0.39 is 17.8 Å². The van der Waals surface area contributed by atoms with Crippen LogP contribution in [0.3, 0.4) is 0 Å². The average Bonchev–Trinajstić information content (AvgIpc) is 3.12. The highest BCUT2D eigenvalue weighted by atomic mass is 16.5. The van der Waals surface area contributed by atoms with Crippen molar-refractivity contribution in [3.8, 4) is 5.75 Å². The van der Waals surface area contributed by atoms with Gasteiger partial charge in [0.05, 0.1) is 18.3 Å². The standard InChI is InChI=1S/C31H29NO4/c1-31(2,3)18-12-14-19(15-13-18)36-24(33)16-17-32-29(34)27-25-20-8-4-5-9-21(20)26(28(27)30(32)35)23-11-7-6-10-22(23)25/h4-15,25-28H,16-17H2,1-3H3/t25?,26?,27-,28-/m0/s1. The first kappa shape index (κ1) is 22.7. The lowest BCUT2D eigenvalue weighted by Gasteiger charge is -2.45. The summed E-state index contributed by atoms with van der Waals surface area (Å²) in [6.45, 7) is 6.41. The topological polar surface area (TPSA) is 63.7 Å². The Morgan fingerprint density at radius 1 is 0.750 bits per heavy atom. The molecule has 3 aromatic carbocycles. The summed E-state index contributed by atoms with van der Waals surface area (Å²) in [5.74, 6) is -1.46. The van der Waals surface area contributed by atoms with Gasteiger partial charge in [0.2, 0.25) is 11.8 Å². The van der Waals surface area contributed by atoms with Crippen LogP contribution in [0, 0.1) is 11.8 Å². The molecule has 1 heterocycles. The molecule has 0 unspecified atom stereocenters. The average molecular weight is 480 g/mol. The number of hydrogen-bond donors (Lipinski definition) is 0. The Balaban J connectivity index is 1.21. The smallest absolute Gasteiger partial charge is 0.312 e. The third-order valence-corrected chi connectivity index (χ3v) is 8.03. The molecular formula is C31H29NO4. The molecule has 4 aliphatic rings. The fourth-order valence-corrected chi connectivity index (χ4v) is 6.37. The summed E-state index contributed by atoms with van der Waals surface area (Å²) in [7, 11) is 0. The molecule has 7 rings (SSSR count). The minimum atomic E-state index is -0.455. The lowest BCUT2D eigenvalue weighted by molar-refractivity contribution is -0.141. The van der Waals surface area contributed by atoms with Gasteiger partial charge in [0.25, 0.3) is 0 Å². The second kappa shape index (κ2) is 8.16. The Hall–Kier alpha value is -3.73. The van der Waals surface area contributed by atoms with Crippen LogP contribution in [0.4, 0.5) is 0 Å². The minimum Gasteiger partial charge on any atom is -0.426 e. The van der Waals surface area contributed by atoms with Gasteiger partial charge in [-0.05, 0) is 45.4 Å². The third kappa shape index (κ3) is 3.41. The van der Waals surface area contributed by atoms with E-state index in [1.54, 1.807) is 12.1 Å². The molecule has 1 aliphatic heterocycles. The molecule has 36 heavy (non-hydrogen) atoms. The zero-order valence-corrected chi connectivity index (χ0v) is 20.7. The monoisotopic (exact) mass is 479 g/mol. The van der Waals surface area contributed by atoms with Gasteiger partial charge in [-0.15, -0.1) is 0 Å². The van der Waals surface area contributed by atoms with Crippen LogP contribution in [0.1, 0.15) is 66.8 Å². The lowest BCUT2D eigenvalue weighted by atomic mass is 9.55. The molecule has 1 saturated heterocycles. The van der Waals surface area contributed by atoms with Gasteiger partial charge in [0.1, 0.15) is 5.75 Å². The van der Waals surface area contributed by atoms with Crippen molar-refractivity contribution < 1.29 is 19.1 Å². The molecule has 182 valence electrons. The number of imide groups is 1. The maximum Gasteiger partial charge on any atom is 0.312 e. The number of hydrogen-bond acceptors (Lipinski definition) is 4. The highest BCUT2D eigenvalue weighted by Crippen LogP contribution is 2.60. The second-order valence-corrected chi connectivity index (χ2v) is 11.1. The molecule has 1 fully saturated rings. The zero-order chi connectivity index (χ0) is 25.2. The summed E-state index contributed by atoms with van der Waals surface area (Å²) in [6.07, 6.45) is -0.0346. The Kier molecular flexibility index (Phi) is 5.15. The Morgan fingerprint density at radius 3 is 1.61 bits per heavy atom. The van der Waals surface area contributed by atoms with Gasteiger partial charge in [-0.3, -0.25) is 19.3 Å². The van der Waals surface area contributed by atoms with Crippen LogP contribution < -0.4 is 4.74 Å². The van der Waals surface area contributed by atoms with Crippen LogP contribution in [0.2, 0.25) is 0 Å². The molecule has 2 bridgehead atoms. The van der Waals surface area contributed by atoms with Crippen molar-refractivity contribution in [2.45, 2.75) is 44.4 Å². The molecule has 0 saturated carbocycles. The van der Waals surface area contributed by atoms with Gasteiger partial charge in [0.15, 0.2) is 0 Å². The van der Waals surface area contributed by atoms with Crippen molar-refractivity contribution in [1.29, 1.82) is 0 Å². The maximum atomic E-state index is 13.6. The van der Waals surface area contributed by atoms with E-state index in [2.05, 4.69) is 45.0 Å². The second-order valence-electron chi connectivity index (χ2n) is 11.1. The normalized spacial score (nSPS) is 23.8. The van der Waals surface area contributed by atoms with E-state index in [4.69, 9.17) is 4.74 Å². The maximum absolute atomic E-state index is 13.6. The van der Waals surface area contributed by atoms with E-state index in [1.807, 2.05) is 36.4 Å². The van der Waals surface area contributed by atoms with Crippen LogP contribution in [0.15, 0.2) is 72.8 Å². The number of likely N-dealkylation sites (tertiary alicyclic amines) is 1. The summed E-state index contributed by atoms with van der Waals surface area (Å²) in [5, 5.41) is 0. The SMILES string of the molecule is CC(C)(C)c1ccc(OC(=O)CCN2C(=O)[C@H]3C4c5ccccc5C(c5ccccc54)[C@@H]3C2=O)cc1. The fourth-order valence-electron chi connectivity index (χ4n) is 6.37. The van der Waals surface area contributed by atoms with Crippen LogP contribution in [-0.2, 0) is 19.8 Å². The first-order valence-electron chi connectivity index (χ1n) is 12.6. The van der Waals surface area contributed by atoms with Crippen molar-refractivity contribution in [1.82, 2.24) is 4.90 Å². The van der Waals surface area contributed by atoms with E-state index in [0.717, 1.165) is 27.8 Å².